The Hall–Kier alpha value is -1.65. The van der Waals surface area contributed by atoms with Crippen LogP contribution in [0.2, 0.25) is 0 Å². The number of hydrogen-bond acceptors (Lipinski definition) is 4. The van der Waals surface area contributed by atoms with Crippen LogP contribution in [0.4, 0.5) is 5.82 Å². The minimum absolute atomic E-state index is 0.327. The topological polar surface area (TPSA) is 46.3 Å². The van der Waals surface area contributed by atoms with Gasteiger partial charge in [0.1, 0.15) is 5.82 Å². The van der Waals surface area contributed by atoms with Crippen LogP contribution in [0.3, 0.4) is 0 Å². The number of fused-ring (bicyclic) bond motifs is 1. The summed E-state index contributed by atoms with van der Waals surface area (Å²) in [5.41, 5.74) is 1.24. The van der Waals surface area contributed by atoms with E-state index in [-0.39, 0.29) is 0 Å². The molecular formula is C15H21N5. The van der Waals surface area contributed by atoms with Crippen LogP contribution in [0.1, 0.15) is 51.8 Å². The van der Waals surface area contributed by atoms with Gasteiger partial charge in [0.25, 0.3) is 0 Å². The van der Waals surface area contributed by atoms with E-state index in [9.17, 15) is 0 Å². The second kappa shape index (κ2) is 3.93. The summed E-state index contributed by atoms with van der Waals surface area (Å²) in [6, 6.07) is 0.474. The van der Waals surface area contributed by atoms with Crippen molar-refractivity contribution in [3.63, 3.8) is 0 Å². The molecule has 2 aliphatic rings. The Bertz CT molecular complexity index is 655. The van der Waals surface area contributed by atoms with E-state index in [0.29, 0.717) is 17.4 Å². The predicted molar refractivity (Wildman–Crippen MR) is 78.0 cm³/mol. The SMILES string of the molecule is CC1N(c2nccn3c(C4CC4)nnc23)CCC1(C)C. The van der Waals surface area contributed by atoms with Crippen LogP contribution in [0.5, 0.6) is 0 Å². The number of anilines is 1. The zero-order chi connectivity index (χ0) is 13.9. The molecule has 2 fully saturated rings. The van der Waals surface area contributed by atoms with Gasteiger partial charge in [-0.2, -0.15) is 0 Å². The van der Waals surface area contributed by atoms with E-state index in [2.05, 4.69) is 45.3 Å². The summed E-state index contributed by atoms with van der Waals surface area (Å²) in [6.45, 7) is 8.00. The van der Waals surface area contributed by atoms with Gasteiger partial charge in [0.05, 0.1) is 0 Å². The highest BCUT2D eigenvalue weighted by Gasteiger charge is 2.39. The van der Waals surface area contributed by atoms with Gasteiger partial charge < -0.3 is 4.90 Å². The molecular weight excluding hydrogens is 250 g/mol. The fraction of sp³-hybridized carbons (Fsp3) is 0.667. The molecule has 1 unspecified atom stereocenters. The second-order valence-corrected chi connectivity index (χ2v) is 6.88. The zero-order valence-electron chi connectivity index (χ0n) is 12.4. The van der Waals surface area contributed by atoms with Crippen molar-refractivity contribution in [2.45, 2.75) is 52.0 Å². The van der Waals surface area contributed by atoms with Gasteiger partial charge in [-0.05, 0) is 31.6 Å². The molecule has 5 nitrogen and oxygen atoms in total. The first-order chi connectivity index (χ1) is 9.58. The van der Waals surface area contributed by atoms with Crippen LogP contribution >= 0.6 is 0 Å². The highest BCUT2D eigenvalue weighted by molar-refractivity contribution is 5.65. The first-order valence-electron chi connectivity index (χ1n) is 7.54. The average molecular weight is 271 g/mol. The normalized spacial score (nSPS) is 25.6. The minimum atomic E-state index is 0.327. The molecule has 0 N–H and O–H groups in total. The third-order valence-electron chi connectivity index (χ3n) is 5.14. The average Bonchev–Trinajstić information content (AvgIpc) is 3.11. The van der Waals surface area contributed by atoms with Gasteiger partial charge in [0.2, 0.25) is 5.65 Å². The van der Waals surface area contributed by atoms with Crippen molar-refractivity contribution in [3.05, 3.63) is 18.2 Å². The lowest BCUT2D eigenvalue weighted by atomic mass is 9.86. The molecule has 20 heavy (non-hydrogen) atoms. The Morgan fingerprint density at radius 2 is 2.05 bits per heavy atom. The van der Waals surface area contributed by atoms with Crippen LogP contribution in [-0.2, 0) is 0 Å². The molecule has 1 aliphatic carbocycles. The number of nitrogens with zero attached hydrogens (tertiary/aromatic N) is 5. The van der Waals surface area contributed by atoms with Crippen molar-refractivity contribution in [1.82, 2.24) is 19.6 Å². The van der Waals surface area contributed by atoms with E-state index < -0.39 is 0 Å². The molecule has 1 atom stereocenters. The van der Waals surface area contributed by atoms with E-state index in [1.165, 1.54) is 19.3 Å². The van der Waals surface area contributed by atoms with E-state index in [0.717, 1.165) is 23.8 Å². The number of hydrogen-bond donors (Lipinski definition) is 0. The van der Waals surface area contributed by atoms with E-state index in [4.69, 9.17) is 0 Å². The quantitative estimate of drug-likeness (QED) is 0.842. The molecule has 5 heteroatoms. The first kappa shape index (κ1) is 12.1. The summed E-state index contributed by atoms with van der Waals surface area (Å²) < 4.78 is 2.14. The lowest BCUT2D eigenvalue weighted by Crippen LogP contribution is -2.34. The fourth-order valence-corrected chi connectivity index (χ4v) is 3.18. The lowest BCUT2D eigenvalue weighted by molar-refractivity contribution is 0.345. The molecule has 1 saturated heterocycles. The zero-order valence-corrected chi connectivity index (χ0v) is 12.4. The van der Waals surface area contributed by atoms with Crippen molar-refractivity contribution >= 4 is 11.5 Å². The van der Waals surface area contributed by atoms with Gasteiger partial charge in [-0.3, -0.25) is 4.40 Å². The van der Waals surface area contributed by atoms with Crippen LogP contribution < -0.4 is 4.90 Å². The summed E-state index contributed by atoms with van der Waals surface area (Å²) in [7, 11) is 0. The standard InChI is InChI=1S/C15H21N5/c1-10-15(2,3)6-8-19(10)13-14-18-17-12(11-4-5-11)20(14)9-7-16-13/h7,9-11H,4-6,8H2,1-3H3. The van der Waals surface area contributed by atoms with Crippen LogP contribution in [0, 0.1) is 5.41 Å². The Morgan fingerprint density at radius 3 is 2.70 bits per heavy atom. The lowest BCUT2D eigenvalue weighted by Gasteiger charge is -2.29. The third-order valence-corrected chi connectivity index (χ3v) is 5.14. The highest BCUT2D eigenvalue weighted by atomic mass is 15.3. The molecule has 0 bridgehead atoms. The molecule has 1 saturated carbocycles. The highest BCUT2D eigenvalue weighted by Crippen LogP contribution is 2.41. The van der Waals surface area contributed by atoms with Crippen LogP contribution in [0.25, 0.3) is 5.65 Å². The van der Waals surface area contributed by atoms with Gasteiger partial charge in [-0.25, -0.2) is 4.98 Å². The summed E-state index contributed by atoms with van der Waals surface area (Å²) in [5.74, 6) is 2.70. The number of aromatic nitrogens is 4. The maximum absolute atomic E-state index is 4.60. The van der Waals surface area contributed by atoms with E-state index in [1.54, 1.807) is 0 Å². The molecule has 0 aromatic carbocycles. The van der Waals surface area contributed by atoms with Crippen LogP contribution in [-0.4, -0.2) is 32.2 Å². The summed E-state index contributed by atoms with van der Waals surface area (Å²) >= 11 is 0. The fourth-order valence-electron chi connectivity index (χ4n) is 3.18. The van der Waals surface area contributed by atoms with Crippen molar-refractivity contribution in [3.8, 4) is 0 Å². The number of rotatable bonds is 2. The molecule has 3 heterocycles. The van der Waals surface area contributed by atoms with Gasteiger partial charge in [-0.1, -0.05) is 13.8 Å². The van der Waals surface area contributed by atoms with E-state index >= 15 is 0 Å². The molecule has 106 valence electrons. The maximum Gasteiger partial charge on any atom is 0.203 e. The Morgan fingerprint density at radius 1 is 1.25 bits per heavy atom. The van der Waals surface area contributed by atoms with Gasteiger partial charge in [0, 0.05) is 30.9 Å². The molecule has 2 aromatic rings. The largest absolute Gasteiger partial charge is 0.350 e. The molecule has 1 aliphatic heterocycles. The maximum atomic E-state index is 4.60. The van der Waals surface area contributed by atoms with Gasteiger partial charge in [-0.15, -0.1) is 10.2 Å². The van der Waals surface area contributed by atoms with Crippen molar-refractivity contribution in [2.75, 3.05) is 11.4 Å². The van der Waals surface area contributed by atoms with E-state index in [1.807, 2.05) is 12.4 Å². The minimum Gasteiger partial charge on any atom is -0.350 e. The smallest absolute Gasteiger partial charge is 0.203 e. The molecule has 4 rings (SSSR count). The molecule has 0 spiro atoms. The van der Waals surface area contributed by atoms with Gasteiger partial charge in [0.15, 0.2) is 5.82 Å². The summed E-state index contributed by atoms with van der Waals surface area (Å²) in [4.78, 5) is 6.99. The van der Waals surface area contributed by atoms with Gasteiger partial charge >= 0.3 is 0 Å². The first-order valence-corrected chi connectivity index (χ1v) is 7.54. The Kier molecular flexibility index (Phi) is 2.38. The Labute approximate surface area is 119 Å². The molecule has 0 radical (unpaired) electrons. The van der Waals surface area contributed by atoms with Crippen molar-refractivity contribution in [2.24, 2.45) is 5.41 Å². The monoisotopic (exact) mass is 271 g/mol. The van der Waals surface area contributed by atoms with Crippen molar-refractivity contribution < 1.29 is 0 Å². The summed E-state index contributed by atoms with van der Waals surface area (Å²) in [6.07, 6.45) is 7.56. The van der Waals surface area contributed by atoms with Crippen LogP contribution in [0.15, 0.2) is 12.4 Å². The van der Waals surface area contributed by atoms with Crippen molar-refractivity contribution in [1.29, 1.82) is 0 Å². The predicted octanol–water partition coefficient (Wildman–Crippen LogP) is 2.63. The molecule has 0 amide bonds. The second-order valence-electron chi connectivity index (χ2n) is 6.88. The summed E-state index contributed by atoms with van der Waals surface area (Å²) in [5, 5.41) is 8.81. The molecule has 2 aromatic heterocycles. The Balaban J connectivity index is 1.81. The third kappa shape index (κ3) is 1.65.